The predicted molar refractivity (Wildman–Crippen MR) is 297 cm³/mol. The highest BCUT2D eigenvalue weighted by Crippen LogP contribution is 2.16. The van der Waals surface area contributed by atoms with E-state index < -0.39 is 6.10 Å². The van der Waals surface area contributed by atoms with Gasteiger partial charge >= 0.3 is 17.9 Å². The Morgan fingerprint density at radius 1 is 0.319 bits per heavy atom. The molecule has 0 radical (unpaired) electrons. The Morgan fingerprint density at radius 3 is 1.10 bits per heavy atom. The zero-order valence-corrected chi connectivity index (χ0v) is 44.8. The smallest absolute Gasteiger partial charge is 0.306 e. The summed E-state index contributed by atoms with van der Waals surface area (Å²) in [5.41, 5.74) is 0. The molecule has 0 amide bonds. The highest BCUT2D eigenvalue weighted by atomic mass is 16.6. The highest BCUT2D eigenvalue weighted by molar-refractivity contribution is 5.71. The molecule has 6 heteroatoms. The van der Waals surface area contributed by atoms with Gasteiger partial charge in [-0.3, -0.25) is 14.4 Å². The fourth-order valence-corrected chi connectivity index (χ4v) is 7.70. The average molecular weight is 958 g/mol. The standard InChI is InChI=1S/C63H104O6/c1-4-7-10-13-16-19-22-25-27-29-31-33-35-38-41-44-47-50-53-56-62(65)68-59-60(58-67-61(64)55-52-49-46-43-40-37-24-21-18-15-12-9-6-3)69-63(66)57-54-51-48-45-42-39-36-34-32-30-28-26-23-20-17-14-11-8-5-2/h7,9-10,12,15-16,18-19,21,24-25,27,31,33,37,40,43,46,60H,4-6,8,11,13-14,17,20,22-23,26,28-30,32,34-36,38-39,41-42,44-45,47-59H2,1-3H3/b10-7+,12-9+,18-15+,19-16+,24-21+,27-25+,33-31+,40-37+,46-43+. The first-order valence-electron chi connectivity index (χ1n) is 28.5. The molecule has 0 saturated heterocycles. The van der Waals surface area contributed by atoms with Crippen LogP contribution < -0.4 is 0 Å². The number of carbonyl (C=O) groups excluding carboxylic acids is 3. The number of carbonyl (C=O) groups is 3. The molecule has 0 heterocycles. The van der Waals surface area contributed by atoms with Gasteiger partial charge in [-0.25, -0.2) is 0 Å². The van der Waals surface area contributed by atoms with Crippen molar-refractivity contribution in [2.75, 3.05) is 13.2 Å². The van der Waals surface area contributed by atoms with Gasteiger partial charge in [0, 0.05) is 19.3 Å². The van der Waals surface area contributed by atoms with Crippen molar-refractivity contribution in [1.82, 2.24) is 0 Å². The normalized spacial score (nSPS) is 12.9. The lowest BCUT2D eigenvalue weighted by Gasteiger charge is -2.18. The summed E-state index contributed by atoms with van der Waals surface area (Å²) in [6.07, 6.45) is 76.6. The lowest BCUT2D eigenvalue weighted by molar-refractivity contribution is -0.167. The van der Waals surface area contributed by atoms with Crippen LogP contribution in [0.25, 0.3) is 0 Å². The molecular weight excluding hydrogens is 853 g/mol. The van der Waals surface area contributed by atoms with E-state index in [1.54, 1.807) is 0 Å². The van der Waals surface area contributed by atoms with E-state index in [0.717, 1.165) is 89.9 Å². The van der Waals surface area contributed by atoms with Crippen LogP contribution in [0.2, 0.25) is 0 Å². The molecule has 0 aliphatic heterocycles. The summed E-state index contributed by atoms with van der Waals surface area (Å²) in [5.74, 6) is -0.994. The second-order valence-corrected chi connectivity index (χ2v) is 18.6. The minimum atomic E-state index is -0.813. The molecule has 0 aliphatic rings. The van der Waals surface area contributed by atoms with Crippen LogP contribution in [0.15, 0.2) is 109 Å². The van der Waals surface area contributed by atoms with Crippen LogP contribution >= 0.6 is 0 Å². The van der Waals surface area contributed by atoms with Crippen molar-refractivity contribution in [1.29, 1.82) is 0 Å². The Labute approximate surface area is 425 Å². The van der Waals surface area contributed by atoms with Crippen molar-refractivity contribution >= 4 is 17.9 Å². The molecule has 0 rings (SSSR count). The molecule has 392 valence electrons. The van der Waals surface area contributed by atoms with Gasteiger partial charge < -0.3 is 14.2 Å². The third-order valence-corrected chi connectivity index (χ3v) is 11.9. The van der Waals surface area contributed by atoms with E-state index in [0.29, 0.717) is 19.3 Å². The molecule has 0 N–H and O–H groups in total. The van der Waals surface area contributed by atoms with Crippen molar-refractivity contribution in [2.24, 2.45) is 0 Å². The van der Waals surface area contributed by atoms with Crippen LogP contribution in [0, 0.1) is 0 Å². The second-order valence-electron chi connectivity index (χ2n) is 18.6. The van der Waals surface area contributed by atoms with Crippen LogP contribution in [0.5, 0.6) is 0 Å². The maximum Gasteiger partial charge on any atom is 0.306 e. The number of hydrogen-bond donors (Lipinski definition) is 0. The lowest BCUT2D eigenvalue weighted by Crippen LogP contribution is -2.30. The van der Waals surface area contributed by atoms with Gasteiger partial charge in [0.15, 0.2) is 6.10 Å². The van der Waals surface area contributed by atoms with Gasteiger partial charge in [0.05, 0.1) is 0 Å². The molecule has 1 unspecified atom stereocenters. The Hall–Kier alpha value is -3.93. The maximum absolute atomic E-state index is 12.9. The molecule has 0 aromatic rings. The first kappa shape index (κ1) is 65.1. The molecule has 0 aromatic carbocycles. The fourth-order valence-electron chi connectivity index (χ4n) is 7.70. The number of allylic oxidation sites excluding steroid dienone is 18. The Balaban J connectivity index is 4.45. The van der Waals surface area contributed by atoms with E-state index >= 15 is 0 Å². The van der Waals surface area contributed by atoms with Gasteiger partial charge in [-0.1, -0.05) is 271 Å². The molecule has 69 heavy (non-hydrogen) atoms. The summed E-state index contributed by atoms with van der Waals surface area (Å²) in [7, 11) is 0. The largest absolute Gasteiger partial charge is 0.462 e. The summed E-state index contributed by atoms with van der Waals surface area (Å²) >= 11 is 0. The van der Waals surface area contributed by atoms with Gasteiger partial charge in [0.1, 0.15) is 13.2 Å². The third-order valence-electron chi connectivity index (χ3n) is 11.9. The number of rotatable bonds is 50. The van der Waals surface area contributed by atoms with Crippen molar-refractivity contribution in [3.8, 4) is 0 Å². The van der Waals surface area contributed by atoms with Crippen molar-refractivity contribution in [2.45, 2.75) is 258 Å². The summed E-state index contributed by atoms with van der Waals surface area (Å²) in [5, 5.41) is 0. The van der Waals surface area contributed by atoms with E-state index in [-0.39, 0.29) is 37.5 Å². The number of esters is 3. The van der Waals surface area contributed by atoms with Crippen molar-refractivity contribution in [3.63, 3.8) is 0 Å². The molecule has 0 aliphatic carbocycles. The minimum absolute atomic E-state index is 0.108. The molecule has 0 aromatic heterocycles. The van der Waals surface area contributed by atoms with Gasteiger partial charge in [0.25, 0.3) is 0 Å². The van der Waals surface area contributed by atoms with Gasteiger partial charge in [-0.15, -0.1) is 0 Å². The van der Waals surface area contributed by atoms with E-state index in [2.05, 4.69) is 75.5 Å². The zero-order valence-electron chi connectivity index (χ0n) is 44.8. The van der Waals surface area contributed by atoms with Crippen molar-refractivity contribution < 1.29 is 28.6 Å². The maximum atomic E-state index is 12.9. The summed E-state index contributed by atoms with van der Waals surface area (Å²) < 4.78 is 16.8. The molecule has 0 saturated carbocycles. The number of hydrogen-bond acceptors (Lipinski definition) is 6. The van der Waals surface area contributed by atoms with Crippen LogP contribution in [0.3, 0.4) is 0 Å². The second kappa shape index (κ2) is 56.7. The molecular formula is C63H104O6. The molecule has 6 nitrogen and oxygen atoms in total. The zero-order chi connectivity index (χ0) is 50.0. The average Bonchev–Trinajstić information content (AvgIpc) is 3.35. The number of ether oxygens (including phenoxy) is 3. The summed E-state index contributed by atoms with van der Waals surface area (Å²) in [6.45, 7) is 6.32. The number of unbranched alkanes of at least 4 members (excludes halogenated alkanes) is 25. The van der Waals surface area contributed by atoms with E-state index in [1.165, 1.54) is 116 Å². The van der Waals surface area contributed by atoms with E-state index in [4.69, 9.17) is 14.2 Å². The van der Waals surface area contributed by atoms with E-state index in [1.807, 2.05) is 54.7 Å². The Morgan fingerprint density at radius 2 is 0.652 bits per heavy atom. The van der Waals surface area contributed by atoms with Crippen LogP contribution in [0.4, 0.5) is 0 Å². The van der Waals surface area contributed by atoms with E-state index in [9.17, 15) is 14.4 Å². The SMILES string of the molecule is CC/C=C/C=C/C=C/C=C/C=C/CCCC(=O)OCC(COC(=O)CCCCCCCC/C=C/C/C=C/C/C=C/C/C=C/CC)OC(=O)CCCCCCCCCCCCCCCCCCCCC. The molecule has 0 spiro atoms. The Bertz CT molecular complexity index is 1420. The van der Waals surface area contributed by atoms with Gasteiger partial charge in [-0.2, -0.15) is 0 Å². The molecule has 0 bridgehead atoms. The first-order valence-corrected chi connectivity index (χ1v) is 28.5. The monoisotopic (exact) mass is 957 g/mol. The predicted octanol–water partition coefficient (Wildman–Crippen LogP) is 19.1. The third kappa shape index (κ3) is 54.9. The fraction of sp³-hybridized carbons (Fsp3) is 0.667. The topological polar surface area (TPSA) is 78.9 Å². The lowest BCUT2D eigenvalue weighted by atomic mass is 10.0. The van der Waals surface area contributed by atoms with Crippen LogP contribution in [0.1, 0.15) is 252 Å². The van der Waals surface area contributed by atoms with Crippen LogP contribution in [-0.2, 0) is 28.6 Å². The van der Waals surface area contributed by atoms with Gasteiger partial charge in [-0.05, 0) is 70.6 Å². The Kier molecular flexibility index (Phi) is 53.4. The quantitative estimate of drug-likeness (QED) is 0.0199. The van der Waals surface area contributed by atoms with Gasteiger partial charge in [0.2, 0.25) is 0 Å². The minimum Gasteiger partial charge on any atom is -0.462 e. The first-order chi connectivity index (χ1) is 34.0. The summed E-state index contributed by atoms with van der Waals surface area (Å²) in [4.78, 5) is 38.1. The van der Waals surface area contributed by atoms with Crippen LogP contribution in [-0.4, -0.2) is 37.2 Å². The summed E-state index contributed by atoms with van der Waals surface area (Å²) in [6, 6.07) is 0. The van der Waals surface area contributed by atoms with Crippen molar-refractivity contribution in [3.05, 3.63) is 109 Å². The molecule has 0 fully saturated rings. The molecule has 1 atom stereocenters. The highest BCUT2D eigenvalue weighted by Gasteiger charge is 2.19.